The van der Waals surface area contributed by atoms with Crippen molar-refractivity contribution in [1.82, 2.24) is 4.90 Å². The van der Waals surface area contributed by atoms with Crippen LogP contribution in [0.25, 0.3) is 0 Å². The van der Waals surface area contributed by atoms with Crippen LogP contribution in [-0.2, 0) is 9.59 Å². The van der Waals surface area contributed by atoms with Crippen LogP contribution in [0.15, 0.2) is 18.2 Å². The van der Waals surface area contributed by atoms with Crippen LogP contribution in [0.2, 0.25) is 0 Å². The van der Waals surface area contributed by atoms with E-state index in [1.165, 1.54) is 11.0 Å². The van der Waals surface area contributed by atoms with Crippen molar-refractivity contribution in [2.45, 2.75) is 19.8 Å². The van der Waals surface area contributed by atoms with Crippen LogP contribution in [0.5, 0.6) is 5.75 Å². The number of amides is 2. The Morgan fingerprint density at radius 1 is 1.28 bits per heavy atom. The molecule has 96 valence electrons. The van der Waals surface area contributed by atoms with Gasteiger partial charge in [0.25, 0.3) is 0 Å². The number of phenolic OH excluding ortho intramolecular Hbond substituents is 1. The van der Waals surface area contributed by atoms with Gasteiger partial charge in [-0.3, -0.25) is 9.59 Å². The van der Waals surface area contributed by atoms with E-state index in [2.05, 4.69) is 5.32 Å². The molecule has 5 heteroatoms. The summed E-state index contributed by atoms with van der Waals surface area (Å²) in [7, 11) is 0. The third-order valence-electron chi connectivity index (χ3n) is 2.99. The lowest BCUT2D eigenvalue weighted by molar-refractivity contribution is -0.142. The second-order valence-electron chi connectivity index (χ2n) is 4.47. The molecule has 0 spiro atoms. The Balaban J connectivity index is 2.06. The van der Waals surface area contributed by atoms with Gasteiger partial charge < -0.3 is 15.3 Å². The number of phenols is 1. The highest BCUT2D eigenvalue weighted by molar-refractivity contribution is 6.39. The number of aryl methyl sites for hydroxylation is 1. The van der Waals surface area contributed by atoms with Crippen molar-refractivity contribution in [1.29, 1.82) is 0 Å². The van der Waals surface area contributed by atoms with Gasteiger partial charge in [-0.2, -0.15) is 0 Å². The van der Waals surface area contributed by atoms with Gasteiger partial charge >= 0.3 is 11.8 Å². The van der Waals surface area contributed by atoms with Crippen LogP contribution in [0.4, 0.5) is 5.69 Å². The number of nitrogens with zero attached hydrogens (tertiary/aromatic N) is 1. The summed E-state index contributed by atoms with van der Waals surface area (Å²) in [6, 6.07) is 4.85. The molecule has 5 nitrogen and oxygen atoms in total. The average Bonchev–Trinajstić information content (AvgIpc) is 2.86. The van der Waals surface area contributed by atoms with Crippen molar-refractivity contribution >= 4 is 17.5 Å². The van der Waals surface area contributed by atoms with Gasteiger partial charge in [0.1, 0.15) is 5.75 Å². The molecule has 1 aromatic rings. The molecule has 1 heterocycles. The van der Waals surface area contributed by atoms with E-state index in [0.717, 1.165) is 18.4 Å². The van der Waals surface area contributed by atoms with Crippen LogP contribution in [0, 0.1) is 6.92 Å². The zero-order valence-corrected chi connectivity index (χ0v) is 10.3. The molecule has 18 heavy (non-hydrogen) atoms. The summed E-state index contributed by atoms with van der Waals surface area (Å²) in [5.74, 6) is -1.27. The second-order valence-corrected chi connectivity index (χ2v) is 4.47. The topological polar surface area (TPSA) is 69.6 Å². The number of carbonyl (C=O) groups is 2. The van der Waals surface area contributed by atoms with Gasteiger partial charge in [0.15, 0.2) is 0 Å². The molecule has 0 bridgehead atoms. The molecule has 0 saturated carbocycles. The molecule has 1 aromatic carbocycles. The van der Waals surface area contributed by atoms with Gasteiger partial charge in [0, 0.05) is 13.1 Å². The number of hydrogen-bond acceptors (Lipinski definition) is 3. The summed E-state index contributed by atoms with van der Waals surface area (Å²) in [6.07, 6.45) is 1.88. The molecule has 1 aliphatic rings. The Morgan fingerprint density at radius 3 is 2.61 bits per heavy atom. The molecular weight excluding hydrogens is 232 g/mol. The van der Waals surface area contributed by atoms with E-state index in [0.29, 0.717) is 13.1 Å². The lowest BCUT2D eigenvalue weighted by Gasteiger charge is -2.15. The molecule has 2 amide bonds. The Labute approximate surface area is 105 Å². The number of rotatable bonds is 1. The first-order valence-electron chi connectivity index (χ1n) is 5.98. The van der Waals surface area contributed by atoms with Crippen molar-refractivity contribution in [3.63, 3.8) is 0 Å². The van der Waals surface area contributed by atoms with Gasteiger partial charge in [0.2, 0.25) is 0 Å². The largest absolute Gasteiger partial charge is 0.506 e. The van der Waals surface area contributed by atoms with Crippen LogP contribution in [-0.4, -0.2) is 34.9 Å². The first-order valence-corrected chi connectivity index (χ1v) is 5.98. The minimum Gasteiger partial charge on any atom is -0.506 e. The van der Waals surface area contributed by atoms with Crippen LogP contribution in [0.3, 0.4) is 0 Å². The molecule has 0 radical (unpaired) electrons. The molecular formula is C13H16N2O3. The fraction of sp³-hybridized carbons (Fsp3) is 0.385. The fourth-order valence-electron chi connectivity index (χ4n) is 1.99. The summed E-state index contributed by atoms with van der Waals surface area (Å²) >= 11 is 0. The highest BCUT2D eigenvalue weighted by Gasteiger charge is 2.24. The van der Waals surface area contributed by atoms with Crippen molar-refractivity contribution in [2.24, 2.45) is 0 Å². The van der Waals surface area contributed by atoms with Crippen LogP contribution >= 0.6 is 0 Å². The molecule has 0 atom stereocenters. The number of nitrogens with one attached hydrogen (secondary N) is 1. The summed E-state index contributed by atoms with van der Waals surface area (Å²) in [6.45, 7) is 3.11. The first-order chi connectivity index (χ1) is 8.58. The van der Waals surface area contributed by atoms with Crippen molar-refractivity contribution in [2.75, 3.05) is 18.4 Å². The first kappa shape index (κ1) is 12.4. The predicted octanol–water partition coefficient (Wildman–Crippen LogP) is 1.26. The van der Waals surface area contributed by atoms with Gasteiger partial charge in [-0.1, -0.05) is 6.07 Å². The highest BCUT2D eigenvalue weighted by atomic mass is 16.3. The summed E-state index contributed by atoms with van der Waals surface area (Å²) in [5, 5.41) is 12.0. The van der Waals surface area contributed by atoms with Gasteiger partial charge in [-0.15, -0.1) is 0 Å². The number of hydrogen-bond donors (Lipinski definition) is 2. The number of carbonyl (C=O) groups excluding carboxylic acids is 2. The SMILES string of the molecule is Cc1ccc(O)c(NC(=O)C(=O)N2CCCC2)c1. The summed E-state index contributed by atoms with van der Waals surface area (Å²) < 4.78 is 0. The highest BCUT2D eigenvalue weighted by Crippen LogP contribution is 2.23. The van der Waals surface area contributed by atoms with Crippen LogP contribution < -0.4 is 5.32 Å². The number of likely N-dealkylation sites (tertiary alicyclic amines) is 1. The maximum atomic E-state index is 11.8. The second kappa shape index (κ2) is 5.08. The lowest BCUT2D eigenvalue weighted by atomic mass is 10.2. The van der Waals surface area contributed by atoms with E-state index in [4.69, 9.17) is 0 Å². The Bertz CT molecular complexity index is 479. The van der Waals surface area contributed by atoms with E-state index in [9.17, 15) is 14.7 Å². The molecule has 2 N–H and O–H groups in total. The van der Waals surface area contributed by atoms with E-state index in [1.807, 2.05) is 6.92 Å². The normalized spacial score (nSPS) is 14.6. The Hall–Kier alpha value is -2.04. The zero-order valence-electron chi connectivity index (χ0n) is 10.3. The van der Waals surface area contributed by atoms with Crippen LogP contribution in [0.1, 0.15) is 18.4 Å². The van der Waals surface area contributed by atoms with Gasteiger partial charge in [-0.25, -0.2) is 0 Å². The molecule has 2 rings (SSSR count). The number of benzene rings is 1. The predicted molar refractivity (Wildman–Crippen MR) is 67.3 cm³/mol. The smallest absolute Gasteiger partial charge is 0.314 e. The number of anilines is 1. The minimum absolute atomic E-state index is 0.0387. The quantitative estimate of drug-likeness (QED) is 0.580. The van der Waals surface area contributed by atoms with E-state index >= 15 is 0 Å². The molecule has 0 aliphatic carbocycles. The average molecular weight is 248 g/mol. The maximum Gasteiger partial charge on any atom is 0.314 e. The molecule has 0 aromatic heterocycles. The van der Waals surface area contributed by atoms with Crippen molar-refractivity contribution in [3.8, 4) is 5.75 Å². The van der Waals surface area contributed by atoms with E-state index in [-0.39, 0.29) is 11.4 Å². The third-order valence-corrected chi connectivity index (χ3v) is 2.99. The Morgan fingerprint density at radius 2 is 1.94 bits per heavy atom. The zero-order chi connectivity index (χ0) is 13.1. The van der Waals surface area contributed by atoms with Crippen molar-refractivity contribution in [3.05, 3.63) is 23.8 Å². The van der Waals surface area contributed by atoms with E-state index in [1.54, 1.807) is 12.1 Å². The summed E-state index contributed by atoms with van der Waals surface area (Å²) in [4.78, 5) is 25.1. The maximum absolute atomic E-state index is 11.8. The molecule has 1 saturated heterocycles. The number of aromatic hydroxyl groups is 1. The lowest BCUT2D eigenvalue weighted by Crippen LogP contribution is -2.37. The molecule has 1 aliphatic heterocycles. The standard InChI is InChI=1S/C13H16N2O3/c1-9-4-5-11(16)10(8-9)14-12(17)13(18)15-6-2-3-7-15/h4-5,8,16H,2-3,6-7H2,1H3,(H,14,17). The minimum atomic E-state index is -0.696. The monoisotopic (exact) mass is 248 g/mol. The van der Waals surface area contributed by atoms with Gasteiger partial charge in [-0.05, 0) is 37.5 Å². The molecule has 1 fully saturated rings. The third kappa shape index (κ3) is 2.61. The fourth-order valence-corrected chi connectivity index (χ4v) is 1.99. The van der Waals surface area contributed by atoms with E-state index < -0.39 is 11.8 Å². The van der Waals surface area contributed by atoms with Crippen molar-refractivity contribution < 1.29 is 14.7 Å². The molecule has 0 unspecified atom stereocenters. The van der Waals surface area contributed by atoms with Gasteiger partial charge in [0.05, 0.1) is 5.69 Å². The Kier molecular flexibility index (Phi) is 3.50. The summed E-state index contributed by atoms with van der Waals surface area (Å²) in [5.41, 5.74) is 1.17.